The van der Waals surface area contributed by atoms with Crippen LogP contribution in [0.25, 0.3) is 11.1 Å². The SMILES string of the molecule is C[C@@H](C(=O)O)N1C(=O)C(Oc2ccccc2)C1c1ccc(-c2ccccc2)cc1. The quantitative estimate of drug-likeness (QED) is 0.645. The fraction of sp³-hybridized carbons (Fsp3) is 0.167. The lowest BCUT2D eigenvalue weighted by Crippen LogP contribution is -2.65. The molecular formula is C24H21NO4. The van der Waals surface area contributed by atoms with Gasteiger partial charge in [0.15, 0.2) is 0 Å². The van der Waals surface area contributed by atoms with E-state index in [1.165, 1.54) is 11.8 Å². The molecule has 0 aliphatic carbocycles. The summed E-state index contributed by atoms with van der Waals surface area (Å²) in [6.45, 7) is 1.52. The van der Waals surface area contributed by atoms with Gasteiger partial charge >= 0.3 is 5.97 Å². The lowest BCUT2D eigenvalue weighted by atomic mass is 9.88. The summed E-state index contributed by atoms with van der Waals surface area (Å²) in [4.78, 5) is 25.6. The summed E-state index contributed by atoms with van der Waals surface area (Å²) >= 11 is 0. The second-order valence-corrected chi connectivity index (χ2v) is 7.04. The van der Waals surface area contributed by atoms with Crippen LogP contribution >= 0.6 is 0 Å². The molecule has 3 aromatic rings. The second-order valence-electron chi connectivity index (χ2n) is 7.04. The van der Waals surface area contributed by atoms with Gasteiger partial charge in [0, 0.05) is 0 Å². The van der Waals surface area contributed by atoms with E-state index in [9.17, 15) is 14.7 Å². The molecule has 0 radical (unpaired) electrons. The number of amides is 1. The average Bonchev–Trinajstić information content (AvgIpc) is 2.76. The summed E-state index contributed by atoms with van der Waals surface area (Å²) in [5.41, 5.74) is 2.99. The Bertz CT molecular complexity index is 1000. The molecule has 5 nitrogen and oxygen atoms in total. The van der Waals surface area contributed by atoms with Crippen LogP contribution in [0.5, 0.6) is 5.75 Å². The molecular weight excluding hydrogens is 366 g/mol. The molecule has 5 heteroatoms. The number of para-hydroxylation sites is 1. The molecule has 3 aromatic carbocycles. The lowest BCUT2D eigenvalue weighted by molar-refractivity contribution is -0.175. The molecule has 1 aliphatic heterocycles. The van der Waals surface area contributed by atoms with Gasteiger partial charge in [-0.3, -0.25) is 4.79 Å². The topological polar surface area (TPSA) is 66.8 Å². The summed E-state index contributed by atoms with van der Waals surface area (Å²) in [6, 6.07) is 25.5. The number of hydrogen-bond donors (Lipinski definition) is 1. The number of benzene rings is 3. The zero-order valence-electron chi connectivity index (χ0n) is 15.9. The minimum atomic E-state index is -1.04. The van der Waals surface area contributed by atoms with Crippen LogP contribution in [0.15, 0.2) is 84.9 Å². The number of β-lactam (4-membered cyclic amide) rings is 1. The minimum absolute atomic E-state index is 0.319. The standard InChI is InChI=1S/C24H21NO4/c1-16(24(27)28)25-21(22(23(25)26)29-20-10-6-3-7-11-20)19-14-12-18(13-15-19)17-8-4-2-5-9-17/h2-16,21-22H,1H3,(H,27,28)/t16-,21?,22?/m0/s1. The van der Waals surface area contributed by atoms with Gasteiger partial charge in [0.2, 0.25) is 6.10 Å². The average molecular weight is 387 g/mol. The fourth-order valence-electron chi connectivity index (χ4n) is 3.63. The van der Waals surface area contributed by atoms with Gasteiger partial charge in [-0.15, -0.1) is 0 Å². The highest BCUT2D eigenvalue weighted by atomic mass is 16.5. The van der Waals surface area contributed by atoms with Gasteiger partial charge in [-0.25, -0.2) is 4.79 Å². The van der Waals surface area contributed by atoms with E-state index < -0.39 is 24.2 Å². The lowest BCUT2D eigenvalue weighted by Gasteiger charge is -2.48. The Kier molecular flexibility index (Phi) is 5.04. The van der Waals surface area contributed by atoms with Gasteiger partial charge in [-0.1, -0.05) is 72.8 Å². The first-order chi connectivity index (χ1) is 14.1. The number of ether oxygens (including phenoxy) is 1. The van der Waals surface area contributed by atoms with Crippen molar-refractivity contribution in [2.24, 2.45) is 0 Å². The Labute approximate surface area is 169 Å². The predicted molar refractivity (Wildman–Crippen MR) is 109 cm³/mol. The van der Waals surface area contributed by atoms with E-state index in [1.807, 2.05) is 72.8 Å². The molecule has 1 N–H and O–H groups in total. The van der Waals surface area contributed by atoms with Crippen LogP contribution in [0.2, 0.25) is 0 Å². The number of rotatable bonds is 6. The van der Waals surface area contributed by atoms with Crippen molar-refractivity contribution >= 4 is 11.9 Å². The van der Waals surface area contributed by atoms with E-state index in [0.717, 1.165) is 16.7 Å². The summed E-state index contributed by atoms with van der Waals surface area (Å²) in [5, 5.41) is 9.43. The number of hydrogen-bond acceptors (Lipinski definition) is 3. The van der Waals surface area contributed by atoms with Crippen LogP contribution in [0.1, 0.15) is 18.5 Å². The van der Waals surface area contributed by atoms with E-state index >= 15 is 0 Å². The molecule has 0 bridgehead atoms. The highest BCUT2D eigenvalue weighted by Crippen LogP contribution is 2.40. The zero-order chi connectivity index (χ0) is 20.4. The Hall–Kier alpha value is -3.60. The molecule has 1 aliphatic rings. The molecule has 2 unspecified atom stereocenters. The molecule has 0 aromatic heterocycles. The second kappa shape index (κ2) is 7.80. The minimum Gasteiger partial charge on any atom is -0.480 e. The summed E-state index contributed by atoms with van der Waals surface area (Å²) in [7, 11) is 0. The molecule has 1 fully saturated rings. The zero-order valence-corrected chi connectivity index (χ0v) is 15.9. The summed E-state index contributed by atoms with van der Waals surface area (Å²) in [6.07, 6.45) is -0.748. The predicted octanol–water partition coefficient (Wildman–Crippen LogP) is 4.16. The number of nitrogens with zero attached hydrogens (tertiary/aromatic N) is 1. The Balaban J connectivity index is 1.64. The number of aliphatic carboxylic acids is 1. The van der Waals surface area contributed by atoms with E-state index in [2.05, 4.69) is 0 Å². The highest BCUT2D eigenvalue weighted by molar-refractivity contribution is 5.93. The molecule has 29 heavy (non-hydrogen) atoms. The summed E-state index contributed by atoms with van der Waals surface area (Å²) < 4.78 is 5.92. The maximum Gasteiger partial charge on any atom is 0.326 e. The van der Waals surface area contributed by atoms with Crippen molar-refractivity contribution < 1.29 is 19.4 Å². The third kappa shape index (κ3) is 3.59. The molecule has 3 atom stereocenters. The summed E-state index contributed by atoms with van der Waals surface area (Å²) in [5.74, 6) is -0.775. The van der Waals surface area contributed by atoms with Gasteiger partial charge in [0.05, 0.1) is 0 Å². The number of carbonyl (C=O) groups is 2. The molecule has 0 saturated carbocycles. The van der Waals surface area contributed by atoms with Gasteiger partial charge in [-0.05, 0) is 35.7 Å². The van der Waals surface area contributed by atoms with Crippen LogP contribution < -0.4 is 4.74 Å². The van der Waals surface area contributed by atoms with E-state index in [-0.39, 0.29) is 5.91 Å². The van der Waals surface area contributed by atoms with E-state index in [1.54, 1.807) is 12.1 Å². The van der Waals surface area contributed by atoms with Gasteiger partial charge in [0.1, 0.15) is 17.8 Å². The Morgan fingerprint density at radius 3 is 2.03 bits per heavy atom. The molecule has 146 valence electrons. The third-order valence-electron chi connectivity index (χ3n) is 5.22. The number of carboxylic acid groups (broad SMARTS) is 1. The van der Waals surface area contributed by atoms with E-state index in [0.29, 0.717) is 5.75 Å². The van der Waals surface area contributed by atoms with Crippen LogP contribution in [0.4, 0.5) is 0 Å². The molecule has 0 spiro atoms. The third-order valence-corrected chi connectivity index (χ3v) is 5.22. The van der Waals surface area contributed by atoms with Crippen LogP contribution in [-0.2, 0) is 9.59 Å². The fourth-order valence-corrected chi connectivity index (χ4v) is 3.63. The van der Waals surface area contributed by atoms with Gasteiger partial charge in [-0.2, -0.15) is 0 Å². The van der Waals surface area contributed by atoms with Crippen molar-refractivity contribution in [2.75, 3.05) is 0 Å². The monoisotopic (exact) mass is 387 g/mol. The smallest absolute Gasteiger partial charge is 0.326 e. The van der Waals surface area contributed by atoms with Crippen molar-refractivity contribution in [1.82, 2.24) is 4.90 Å². The maximum atomic E-state index is 12.7. The first kappa shape index (κ1) is 18.7. The van der Waals surface area contributed by atoms with Crippen molar-refractivity contribution in [3.63, 3.8) is 0 Å². The highest BCUT2D eigenvalue weighted by Gasteiger charge is 2.53. The van der Waals surface area contributed by atoms with Crippen molar-refractivity contribution in [2.45, 2.75) is 25.1 Å². The van der Waals surface area contributed by atoms with Crippen molar-refractivity contribution in [3.05, 3.63) is 90.5 Å². The number of carboxylic acids is 1. The Morgan fingerprint density at radius 1 is 0.897 bits per heavy atom. The molecule has 1 heterocycles. The normalized spacial score (nSPS) is 19.3. The molecule has 1 saturated heterocycles. The largest absolute Gasteiger partial charge is 0.480 e. The number of carbonyl (C=O) groups excluding carboxylic acids is 1. The molecule has 1 amide bonds. The van der Waals surface area contributed by atoms with Crippen LogP contribution in [0, 0.1) is 0 Å². The van der Waals surface area contributed by atoms with E-state index in [4.69, 9.17) is 4.74 Å². The maximum absolute atomic E-state index is 12.7. The Morgan fingerprint density at radius 2 is 1.45 bits per heavy atom. The van der Waals surface area contributed by atoms with Gasteiger partial charge in [0.25, 0.3) is 5.91 Å². The number of likely N-dealkylation sites (tertiary alicyclic amines) is 1. The van der Waals surface area contributed by atoms with Crippen molar-refractivity contribution in [1.29, 1.82) is 0 Å². The van der Waals surface area contributed by atoms with Crippen LogP contribution in [0.3, 0.4) is 0 Å². The van der Waals surface area contributed by atoms with Crippen LogP contribution in [-0.4, -0.2) is 34.0 Å². The first-order valence-electron chi connectivity index (χ1n) is 9.48. The van der Waals surface area contributed by atoms with Gasteiger partial charge < -0.3 is 14.7 Å². The molecule has 4 rings (SSSR count). The first-order valence-corrected chi connectivity index (χ1v) is 9.48. The van der Waals surface area contributed by atoms with Crippen molar-refractivity contribution in [3.8, 4) is 16.9 Å².